The molecule has 0 aliphatic carbocycles. The molecule has 86 valence electrons. The van der Waals surface area contributed by atoms with Gasteiger partial charge in [-0.05, 0) is 52.0 Å². The molecule has 0 aliphatic rings. The minimum absolute atomic E-state index is 0.0118. The average molecular weight is 309 g/mol. The van der Waals surface area contributed by atoms with Crippen molar-refractivity contribution in [3.63, 3.8) is 0 Å². The number of nitrogens with two attached hydrogens (primary N) is 1. The Hall–Kier alpha value is -1.40. The molecule has 2 heterocycles. The predicted octanol–water partition coefficient (Wildman–Crippen LogP) is 2.67. The summed E-state index contributed by atoms with van der Waals surface area (Å²) in [5, 5.41) is 8.98. The Morgan fingerprint density at radius 2 is 2.12 bits per heavy atom. The van der Waals surface area contributed by atoms with Gasteiger partial charge in [0.25, 0.3) is 0 Å². The number of aromatic nitrogens is 2. The minimum Gasteiger partial charge on any atom is -0.384 e. The lowest BCUT2D eigenvalue weighted by Crippen LogP contribution is -2.12. The van der Waals surface area contributed by atoms with Gasteiger partial charge in [0.15, 0.2) is 0 Å². The van der Waals surface area contributed by atoms with Crippen LogP contribution in [0, 0.1) is 5.41 Å². The van der Waals surface area contributed by atoms with E-state index in [0.717, 1.165) is 9.50 Å². The first-order chi connectivity index (χ1) is 8.16. The molecule has 0 aromatic carbocycles. The molecule has 4 nitrogen and oxygen atoms in total. The Labute approximate surface area is 111 Å². The fraction of sp³-hybridized carbons (Fsp3) is 0. The van der Waals surface area contributed by atoms with Gasteiger partial charge in [0, 0.05) is 22.4 Å². The molecule has 0 saturated carbocycles. The highest BCUT2D eigenvalue weighted by Gasteiger charge is 2.08. The second-order valence-electron chi connectivity index (χ2n) is 3.19. The van der Waals surface area contributed by atoms with Crippen molar-refractivity contribution in [1.29, 1.82) is 5.41 Å². The number of rotatable bonds is 3. The van der Waals surface area contributed by atoms with Gasteiger partial charge in [0.1, 0.15) is 15.9 Å². The van der Waals surface area contributed by atoms with Crippen LogP contribution in [-0.2, 0) is 0 Å². The molecule has 2 rings (SSSR count). The van der Waals surface area contributed by atoms with E-state index in [2.05, 4.69) is 25.9 Å². The van der Waals surface area contributed by atoms with Crippen LogP contribution in [0.5, 0.6) is 0 Å². The maximum absolute atomic E-state index is 7.47. The summed E-state index contributed by atoms with van der Waals surface area (Å²) in [5.41, 5.74) is 6.12. The summed E-state index contributed by atoms with van der Waals surface area (Å²) in [7, 11) is 0. The molecule has 0 fully saturated rings. The van der Waals surface area contributed by atoms with Crippen molar-refractivity contribution in [1.82, 2.24) is 9.97 Å². The Kier molecular flexibility index (Phi) is 3.75. The molecule has 17 heavy (non-hydrogen) atoms. The molecule has 0 bridgehead atoms. The molecule has 0 aliphatic heterocycles. The molecule has 3 N–H and O–H groups in total. The van der Waals surface area contributed by atoms with Crippen LogP contribution in [0.1, 0.15) is 5.56 Å². The first kappa shape index (κ1) is 12.1. The monoisotopic (exact) mass is 308 g/mol. The lowest BCUT2D eigenvalue weighted by atomic mass is 10.3. The average Bonchev–Trinajstić information content (AvgIpc) is 2.32. The highest BCUT2D eigenvalue weighted by molar-refractivity contribution is 9.10. The van der Waals surface area contributed by atoms with Crippen molar-refractivity contribution in [2.75, 3.05) is 0 Å². The van der Waals surface area contributed by atoms with E-state index in [1.165, 1.54) is 11.8 Å². The van der Waals surface area contributed by atoms with Crippen molar-refractivity contribution < 1.29 is 0 Å². The first-order valence-electron chi connectivity index (χ1n) is 4.75. The summed E-state index contributed by atoms with van der Waals surface area (Å²) in [4.78, 5) is 8.45. The predicted molar refractivity (Wildman–Crippen MR) is 71.3 cm³/mol. The quantitative estimate of drug-likeness (QED) is 0.675. The van der Waals surface area contributed by atoms with Gasteiger partial charge < -0.3 is 5.73 Å². The maximum atomic E-state index is 7.47. The standard InChI is InChI=1S/C11H9BrN4S/c12-7-3-4-9(16-6-7)17-11-8(10(13)14)2-1-5-15-11/h1-6H,(H3,13,14). The Morgan fingerprint density at radius 1 is 1.29 bits per heavy atom. The van der Waals surface area contributed by atoms with E-state index in [9.17, 15) is 0 Å². The van der Waals surface area contributed by atoms with E-state index in [-0.39, 0.29) is 5.84 Å². The Bertz CT molecular complexity index is 541. The van der Waals surface area contributed by atoms with Gasteiger partial charge >= 0.3 is 0 Å². The van der Waals surface area contributed by atoms with Gasteiger partial charge in [-0.1, -0.05) is 0 Å². The third-order valence-electron chi connectivity index (χ3n) is 1.96. The topological polar surface area (TPSA) is 75.7 Å². The van der Waals surface area contributed by atoms with Crippen LogP contribution in [0.15, 0.2) is 51.2 Å². The third kappa shape index (κ3) is 3.04. The van der Waals surface area contributed by atoms with Crippen molar-refractivity contribution in [2.45, 2.75) is 10.1 Å². The van der Waals surface area contributed by atoms with E-state index in [1.54, 1.807) is 24.5 Å². The van der Waals surface area contributed by atoms with Crippen molar-refractivity contribution in [2.24, 2.45) is 5.73 Å². The summed E-state index contributed by atoms with van der Waals surface area (Å²) in [6.45, 7) is 0. The number of hydrogen-bond acceptors (Lipinski definition) is 4. The highest BCUT2D eigenvalue weighted by atomic mass is 79.9. The molecule has 6 heteroatoms. The summed E-state index contributed by atoms with van der Waals surface area (Å²) >= 11 is 4.71. The van der Waals surface area contributed by atoms with Crippen LogP contribution < -0.4 is 5.73 Å². The number of amidine groups is 1. The van der Waals surface area contributed by atoms with Crippen molar-refractivity contribution >= 4 is 33.5 Å². The lowest BCUT2D eigenvalue weighted by molar-refractivity contribution is 1.08. The Balaban J connectivity index is 2.30. The van der Waals surface area contributed by atoms with Crippen LogP contribution in [0.25, 0.3) is 0 Å². The van der Waals surface area contributed by atoms with Gasteiger partial charge in [-0.25, -0.2) is 9.97 Å². The highest BCUT2D eigenvalue weighted by Crippen LogP contribution is 2.27. The maximum Gasteiger partial charge on any atom is 0.125 e. The zero-order valence-corrected chi connectivity index (χ0v) is 11.1. The van der Waals surface area contributed by atoms with Gasteiger partial charge in [0.05, 0.1) is 0 Å². The van der Waals surface area contributed by atoms with Gasteiger partial charge in [-0.3, -0.25) is 5.41 Å². The van der Waals surface area contributed by atoms with Crippen LogP contribution in [-0.4, -0.2) is 15.8 Å². The minimum atomic E-state index is 0.0118. The number of hydrogen-bond donors (Lipinski definition) is 2. The largest absolute Gasteiger partial charge is 0.384 e. The molecule has 2 aromatic heterocycles. The van der Waals surface area contributed by atoms with E-state index in [0.29, 0.717) is 10.6 Å². The first-order valence-corrected chi connectivity index (χ1v) is 6.36. The fourth-order valence-corrected chi connectivity index (χ4v) is 2.27. The van der Waals surface area contributed by atoms with Crippen LogP contribution in [0.4, 0.5) is 0 Å². The molecule has 0 atom stereocenters. The zero-order chi connectivity index (χ0) is 12.3. The second kappa shape index (κ2) is 5.29. The molecule has 0 amide bonds. The number of pyridine rings is 2. The van der Waals surface area contributed by atoms with Gasteiger partial charge in [-0.15, -0.1) is 0 Å². The molecule has 0 saturated heterocycles. The van der Waals surface area contributed by atoms with Crippen molar-refractivity contribution in [3.8, 4) is 0 Å². The summed E-state index contributed by atoms with van der Waals surface area (Å²) in [6, 6.07) is 7.32. The number of nitrogens with zero attached hydrogens (tertiary/aromatic N) is 2. The van der Waals surface area contributed by atoms with Crippen molar-refractivity contribution in [3.05, 3.63) is 46.7 Å². The molecule has 2 aromatic rings. The summed E-state index contributed by atoms with van der Waals surface area (Å²) in [5.74, 6) is 0.0118. The third-order valence-corrected chi connectivity index (χ3v) is 3.40. The van der Waals surface area contributed by atoms with E-state index >= 15 is 0 Å². The lowest BCUT2D eigenvalue weighted by Gasteiger charge is -2.05. The smallest absolute Gasteiger partial charge is 0.125 e. The van der Waals surface area contributed by atoms with Crippen LogP contribution in [0.3, 0.4) is 0 Å². The number of nitrogens with one attached hydrogen (secondary N) is 1. The molecule has 0 spiro atoms. The second-order valence-corrected chi connectivity index (χ2v) is 5.11. The van der Waals surface area contributed by atoms with Crippen LogP contribution in [0.2, 0.25) is 0 Å². The molecular weight excluding hydrogens is 300 g/mol. The SMILES string of the molecule is N=C(N)c1cccnc1Sc1ccc(Br)cn1. The van der Waals surface area contributed by atoms with E-state index < -0.39 is 0 Å². The Morgan fingerprint density at radius 3 is 2.76 bits per heavy atom. The zero-order valence-electron chi connectivity index (χ0n) is 8.72. The van der Waals surface area contributed by atoms with Gasteiger partial charge in [0.2, 0.25) is 0 Å². The molecule has 0 radical (unpaired) electrons. The van der Waals surface area contributed by atoms with Gasteiger partial charge in [-0.2, -0.15) is 0 Å². The fourth-order valence-electron chi connectivity index (χ4n) is 1.20. The van der Waals surface area contributed by atoms with Crippen LogP contribution >= 0.6 is 27.7 Å². The number of nitrogen functional groups attached to an aromatic ring is 1. The van der Waals surface area contributed by atoms with E-state index in [4.69, 9.17) is 11.1 Å². The summed E-state index contributed by atoms with van der Waals surface area (Å²) < 4.78 is 0.926. The number of halogens is 1. The normalized spacial score (nSPS) is 10.2. The van der Waals surface area contributed by atoms with E-state index in [1.807, 2.05) is 12.1 Å². The molecule has 0 unspecified atom stereocenters. The summed E-state index contributed by atoms with van der Waals surface area (Å²) in [6.07, 6.45) is 3.40. The molecular formula is C11H9BrN4S.